The number of carbonyl (C=O) groups excluding carboxylic acids is 1. The molecule has 3 N–H and O–H groups in total. The van der Waals surface area contributed by atoms with Crippen LogP contribution in [0, 0.1) is 10.8 Å². The van der Waals surface area contributed by atoms with E-state index in [0.29, 0.717) is 17.9 Å². The van der Waals surface area contributed by atoms with Gasteiger partial charge in [-0.2, -0.15) is 0 Å². The van der Waals surface area contributed by atoms with Crippen molar-refractivity contribution in [2.45, 2.75) is 46.1 Å². The lowest BCUT2D eigenvalue weighted by Gasteiger charge is -2.45. The molecule has 1 fully saturated rings. The van der Waals surface area contributed by atoms with Crippen LogP contribution in [-0.2, 0) is 0 Å². The second-order valence-corrected chi connectivity index (χ2v) is 8.52. The molecule has 0 radical (unpaired) electrons. The molecule has 26 heavy (non-hydrogen) atoms. The number of fused-ring (bicyclic) bond motifs is 1. The second-order valence-electron chi connectivity index (χ2n) is 8.52. The SMILES string of the molecule is CC1(C)CC(N)CC(C)(CNC(=O)Oc2ccc3ccc(=O)oc3c2)C1. The molecule has 1 amide bonds. The van der Waals surface area contributed by atoms with Crippen LogP contribution in [0.1, 0.15) is 40.0 Å². The van der Waals surface area contributed by atoms with Crippen molar-refractivity contribution in [3.63, 3.8) is 0 Å². The van der Waals surface area contributed by atoms with Crippen LogP contribution in [0.15, 0.2) is 39.5 Å². The number of carbonyl (C=O) groups is 1. The summed E-state index contributed by atoms with van der Waals surface area (Å²) in [6.45, 7) is 7.08. The van der Waals surface area contributed by atoms with Gasteiger partial charge in [0.15, 0.2) is 0 Å². The molecule has 6 heteroatoms. The molecule has 3 rings (SSSR count). The molecule has 1 aromatic heterocycles. The van der Waals surface area contributed by atoms with E-state index in [9.17, 15) is 9.59 Å². The van der Waals surface area contributed by atoms with Gasteiger partial charge in [0.2, 0.25) is 0 Å². The molecule has 2 aromatic rings. The topological polar surface area (TPSA) is 94.6 Å². The van der Waals surface area contributed by atoms with Gasteiger partial charge in [-0.3, -0.25) is 0 Å². The summed E-state index contributed by atoms with van der Waals surface area (Å²) >= 11 is 0. The molecule has 1 aromatic carbocycles. The van der Waals surface area contributed by atoms with Gasteiger partial charge in [-0.05, 0) is 48.3 Å². The van der Waals surface area contributed by atoms with Gasteiger partial charge in [0.25, 0.3) is 0 Å². The third-order valence-electron chi connectivity index (χ3n) is 4.94. The van der Waals surface area contributed by atoms with Crippen LogP contribution in [0.2, 0.25) is 0 Å². The molecule has 140 valence electrons. The summed E-state index contributed by atoms with van der Waals surface area (Å²) in [4.78, 5) is 23.5. The predicted octanol–water partition coefficient (Wildman–Crippen LogP) is 3.43. The molecule has 2 atom stereocenters. The van der Waals surface area contributed by atoms with E-state index < -0.39 is 11.7 Å². The number of ether oxygens (including phenoxy) is 1. The molecular formula is C20H26N2O4. The van der Waals surface area contributed by atoms with Gasteiger partial charge in [0, 0.05) is 30.1 Å². The van der Waals surface area contributed by atoms with E-state index in [2.05, 4.69) is 26.1 Å². The minimum Gasteiger partial charge on any atom is -0.423 e. The van der Waals surface area contributed by atoms with E-state index in [-0.39, 0.29) is 16.9 Å². The first-order chi connectivity index (χ1) is 12.1. The van der Waals surface area contributed by atoms with E-state index in [4.69, 9.17) is 14.9 Å². The van der Waals surface area contributed by atoms with Crippen LogP contribution in [0.3, 0.4) is 0 Å². The van der Waals surface area contributed by atoms with Crippen LogP contribution < -0.4 is 21.4 Å². The van der Waals surface area contributed by atoms with Crippen molar-refractivity contribution >= 4 is 17.1 Å². The number of amides is 1. The summed E-state index contributed by atoms with van der Waals surface area (Å²) in [5, 5.41) is 3.62. The van der Waals surface area contributed by atoms with Crippen molar-refractivity contribution in [2.24, 2.45) is 16.6 Å². The van der Waals surface area contributed by atoms with Crippen LogP contribution >= 0.6 is 0 Å². The van der Waals surface area contributed by atoms with Gasteiger partial charge in [0.05, 0.1) is 0 Å². The van der Waals surface area contributed by atoms with E-state index in [1.165, 1.54) is 12.1 Å². The van der Waals surface area contributed by atoms with Crippen LogP contribution in [-0.4, -0.2) is 18.7 Å². The zero-order valence-electron chi connectivity index (χ0n) is 15.5. The van der Waals surface area contributed by atoms with E-state index in [0.717, 1.165) is 24.6 Å². The highest BCUT2D eigenvalue weighted by molar-refractivity contribution is 5.79. The third-order valence-corrected chi connectivity index (χ3v) is 4.94. The Balaban J connectivity index is 1.63. The molecule has 2 unspecified atom stereocenters. The molecular weight excluding hydrogens is 332 g/mol. The molecule has 1 aliphatic rings. The highest BCUT2D eigenvalue weighted by Gasteiger charge is 2.40. The highest BCUT2D eigenvalue weighted by Crippen LogP contribution is 2.45. The Bertz CT molecular complexity index is 873. The Kier molecular flexibility index (Phi) is 4.80. The maximum atomic E-state index is 12.2. The number of rotatable bonds is 3. The minimum atomic E-state index is -0.527. The summed E-state index contributed by atoms with van der Waals surface area (Å²) in [6, 6.07) is 8.11. The lowest BCUT2D eigenvalue weighted by atomic mass is 9.63. The van der Waals surface area contributed by atoms with E-state index in [1.807, 2.05) is 0 Å². The van der Waals surface area contributed by atoms with Gasteiger partial charge in [0.1, 0.15) is 11.3 Å². The number of hydrogen-bond acceptors (Lipinski definition) is 5. The largest absolute Gasteiger partial charge is 0.423 e. The van der Waals surface area contributed by atoms with Crippen molar-refractivity contribution in [1.29, 1.82) is 0 Å². The van der Waals surface area contributed by atoms with Gasteiger partial charge in [-0.15, -0.1) is 0 Å². The molecule has 0 bridgehead atoms. The zero-order chi connectivity index (χ0) is 18.9. The molecule has 1 aliphatic carbocycles. The highest BCUT2D eigenvalue weighted by atomic mass is 16.6. The molecule has 1 saturated carbocycles. The Morgan fingerprint density at radius 3 is 2.73 bits per heavy atom. The molecule has 0 spiro atoms. The van der Waals surface area contributed by atoms with Crippen LogP contribution in [0.25, 0.3) is 11.0 Å². The van der Waals surface area contributed by atoms with Crippen LogP contribution in [0.5, 0.6) is 5.75 Å². The third kappa shape index (κ3) is 4.43. The standard InChI is InChI=1S/C20H26N2O4/c1-19(2)9-14(21)10-20(3,11-19)12-22-18(24)25-15-6-4-13-5-7-17(23)26-16(13)8-15/h4-8,14H,9-12,21H2,1-3H3,(H,22,24). The Hall–Kier alpha value is -2.34. The first kappa shape index (κ1) is 18.5. The Morgan fingerprint density at radius 2 is 2.00 bits per heavy atom. The maximum Gasteiger partial charge on any atom is 0.412 e. The van der Waals surface area contributed by atoms with Crippen molar-refractivity contribution in [3.8, 4) is 5.75 Å². The van der Waals surface area contributed by atoms with Crippen LogP contribution in [0.4, 0.5) is 4.79 Å². The van der Waals surface area contributed by atoms with Gasteiger partial charge in [-0.1, -0.05) is 20.8 Å². The lowest BCUT2D eigenvalue weighted by Crippen LogP contribution is -2.47. The Morgan fingerprint density at radius 1 is 1.27 bits per heavy atom. The number of benzene rings is 1. The predicted molar refractivity (Wildman–Crippen MR) is 100 cm³/mol. The summed E-state index contributed by atoms with van der Waals surface area (Å²) < 4.78 is 10.4. The minimum absolute atomic E-state index is 0.0592. The van der Waals surface area contributed by atoms with Crippen molar-refractivity contribution < 1.29 is 13.9 Å². The first-order valence-corrected chi connectivity index (χ1v) is 8.89. The summed E-state index contributed by atoms with van der Waals surface area (Å²) in [6.07, 6.45) is 2.34. The number of nitrogens with two attached hydrogens (primary N) is 1. The average molecular weight is 358 g/mol. The lowest BCUT2D eigenvalue weighted by molar-refractivity contribution is 0.0821. The number of nitrogens with one attached hydrogen (secondary N) is 1. The maximum absolute atomic E-state index is 12.2. The fourth-order valence-corrected chi connectivity index (χ4v) is 4.38. The Labute approximate surface area is 152 Å². The quantitative estimate of drug-likeness (QED) is 0.820. The molecule has 0 saturated heterocycles. The van der Waals surface area contributed by atoms with Gasteiger partial charge in [-0.25, -0.2) is 9.59 Å². The number of hydrogen-bond donors (Lipinski definition) is 2. The van der Waals surface area contributed by atoms with Gasteiger partial charge >= 0.3 is 11.7 Å². The van der Waals surface area contributed by atoms with Crippen molar-refractivity contribution in [2.75, 3.05) is 6.54 Å². The fourth-order valence-electron chi connectivity index (χ4n) is 4.38. The second kappa shape index (κ2) is 6.76. The van der Waals surface area contributed by atoms with E-state index >= 15 is 0 Å². The summed E-state index contributed by atoms with van der Waals surface area (Å²) in [5.41, 5.74) is 6.25. The molecule has 1 heterocycles. The zero-order valence-corrected chi connectivity index (χ0v) is 15.5. The fraction of sp³-hybridized carbons (Fsp3) is 0.500. The summed E-state index contributed by atoms with van der Waals surface area (Å²) in [5.74, 6) is 0.329. The molecule has 0 aliphatic heterocycles. The first-order valence-electron chi connectivity index (χ1n) is 8.89. The monoisotopic (exact) mass is 358 g/mol. The van der Waals surface area contributed by atoms with Crippen molar-refractivity contribution in [3.05, 3.63) is 40.8 Å². The van der Waals surface area contributed by atoms with Gasteiger partial charge < -0.3 is 20.2 Å². The van der Waals surface area contributed by atoms with Crippen molar-refractivity contribution in [1.82, 2.24) is 5.32 Å². The average Bonchev–Trinajstić information content (AvgIpc) is 2.50. The normalized spacial score (nSPS) is 25.0. The summed E-state index contributed by atoms with van der Waals surface area (Å²) in [7, 11) is 0. The van der Waals surface area contributed by atoms with E-state index in [1.54, 1.807) is 18.2 Å². The molecule has 6 nitrogen and oxygen atoms in total. The smallest absolute Gasteiger partial charge is 0.412 e.